The molecule has 0 spiro atoms. The van der Waals surface area contributed by atoms with Crippen LogP contribution in [0, 0.1) is 11.7 Å². The van der Waals surface area contributed by atoms with Gasteiger partial charge in [0, 0.05) is 12.6 Å². The molecule has 158 valence electrons. The molecule has 1 aromatic heterocycles. The molecule has 0 saturated heterocycles. The number of aliphatic imine (C=N–C) groups is 1. The number of nitrogens with zero attached hydrogens (tertiary/aromatic N) is 2. The van der Waals surface area contributed by atoms with Crippen molar-refractivity contribution in [2.45, 2.75) is 59.0 Å². The first kappa shape index (κ1) is 21.1. The van der Waals surface area contributed by atoms with Crippen LogP contribution in [0.5, 0.6) is 5.75 Å². The number of aromatic nitrogens is 1. The molecule has 1 unspecified atom stereocenters. The van der Waals surface area contributed by atoms with Crippen molar-refractivity contribution in [1.82, 2.24) is 15.8 Å². The molecular weight excluding hydrogens is 371 g/mol. The summed E-state index contributed by atoms with van der Waals surface area (Å²) >= 11 is 0. The molecule has 1 aromatic carbocycles. The lowest BCUT2D eigenvalue weighted by atomic mass is 10.1. The van der Waals surface area contributed by atoms with Crippen LogP contribution in [0.3, 0.4) is 0 Å². The van der Waals surface area contributed by atoms with Gasteiger partial charge in [0.2, 0.25) is 0 Å². The molecule has 1 aliphatic rings. The lowest BCUT2D eigenvalue weighted by Crippen LogP contribution is -2.38. The van der Waals surface area contributed by atoms with E-state index in [-0.39, 0.29) is 11.9 Å². The number of halogens is 1. The zero-order chi connectivity index (χ0) is 20.8. The van der Waals surface area contributed by atoms with E-state index in [1.165, 1.54) is 18.9 Å². The number of hydrogen-bond donors (Lipinski definition) is 2. The first-order valence-electron chi connectivity index (χ1n) is 10.4. The highest BCUT2D eigenvalue weighted by Gasteiger charge is 2.22. The third-order valence-electron chi connectivity index (χ3n) is 4.89. The zero-order valence-electron chi connectivity index (χ0n) is 17.7. The molecular formula is C22H31FN4O2. The van der Waals surface area contributed by atoms with Crippen molar-refractivity contribution in [1.29, 1.82) is 0 Å². The van der Waals surface area contributed by atoms with E-state index in [1.807, 2.05) is 26.0 Å². The number of hydrogen-bond acceptors (Lipinski definition) is 4. The van der Waals surface area contributed by atoms with Crippen LogP contribution in [-0.2, 0) is 6.54 Å². The lowest BCUT2D eigenvalue weighted by Gasteiger charge is -2.18. The van der Waals surface area contributed by atoms with Crippen molar-refractivity contribution >= 4 is 5.96 Å². The monoisotopic (exact) mass is 402 g/mol. The van der Waals surface area contributed by atoms with Crippen molar-refractivity contribution in [2.75, 3.05) is 13.2 Å². The first-order chi connectivity index (χ1) is 14.0. The molecule has 0 aliphatic heterocycles. The normalized spacial score (nSPS) is 15.4. The minimum absolute atomic E-state index is 0.124. The molecule has 1 fully saturated rings. The summed E-state index contributed by atoms with van der Waals surface area (Å²) < 4.78 is 25.3. The molecule has 1 atom stereocenters. The Morgan fingerprint density at radius 2 is 2.10 bits per heavy atom. The molecule has 7 heteroatoms. The second kappa shape index (κ2) is 9.76. The Morgan fingerprint density at radius 3 is 2.72 bits per heavy atom. The zero-order valence-corrected chi connectivity index (χ0v) is 17.7. The molecule has 6 nitrogen and oxygen atoms in total. The van der Waals surface area contributed by atoms with Gasteiger partial charge in [-0.15, -0.1) is 0 Å². The molecule has 3 rings (SSSR count). The van der Waals surface area contributed by atoms with Gasteiger partial charge in [-0.05, 0) is 56.2 Å². The summed E-state index contributed by atoms with van der Waals surface area (Å²) in [7, 11) is 0. The van der Waals surface area contributed by atoms with E-state index in [0.29, 0.717) is 49.0 Å². The van der Waals surface area contributed by atoms with E-state index in [4.69, 9.17) is 9.26 Å². The summed E-state index contributed by atoms with van der Waals surface area (Å²) in [5, 5.41) is 10.6. The van der Waals surface area contributed by atoms with Crippen LogP contribution in [0.25, 0.3) is 0 Å². The first-order valence-corrected chi connectivity index (χ1v) is 10.4. The third-order valence-corrected chi connectivity index (χ3v) is 4.89. The van der Waals surface area contributed by atoms with Gasteiger partial charge in [-0.2, -0.15) is 0 Å². The number of ether oxygens (including phenoxy) is 1. The van der Waals surface area contributed by atoms with Crippen LogP contribution in [0.1, 0.15) is 69.5 Å². The van der Waals surface area contributed by atoms with E-state index >= 15 is 0 Å². The number of benzene rings is 1. The van der Waals surface area contributed by atoms with Crippen LogP contribution in [0.2, 0.25) is 0 Å². The fraction of sp³-hybridized carbons (Fsp3) is 0.545. The summed E-state index contributed by atoms with van der Waals surface area (Å²) in [6.07, 6.45) is 2.36. The smallest absolute Gasteiger partial charge is 0.192 e. The molecule has 1 heterocycles. The maximum Gasteiger partial charge on any atom is 0.192 e. The van der Waals surface area contributed by atoms with Gasteiger partial charge in [-0.25, -0.2) is 9.38 Å². The Hall–Kier alpha value is -2.57. The molecule has 0 radical (unpaired) electrons. The number of guanidine groups is 1. The highest BCUT2D eigenvalue weighted by Crippen LogP contribution is 2.30. The van der Waals surface area contributed by atoms with Crippen LogP contribution in [0.4, 0.5) is 4.39 Å². The third kappa shape index (κ3) is 6.21. The van der Waals surface area contributed by atoms with Gasteiger partial charge >= 0.3 is 0 Å². The minimum atomic E-state index is -0.332. The fourth-order valence-corrected chi connectivity index (χ4v) is 2.84. The number of rotatable bonds is 9. The topological polar surface area (TPSA) is 71.7 Å². The van der Waals surface area contributed by atoms with Crippen LogP contribution in [0.15, 0.2) is 33.8 Å². The van der Waals surface area contributed by atoms with Crippen molar-refractivity contribution < 1.29 is 13.7 Å². The average Bonchev–Trinajstić information content (AvgIpc) is 3.39. The summed E-state index contributed by atoms with van der Waals surface area (Å²) in [5.41, 5.74) is 1.75. The van der Waals surface area contributed by atoms with E-state index in [0.717, 1.165) is 11.3 Å². The molecule has 2 aromatic rings. The molecule has 29 heavy (non-hydrogen) atoms. The summed E-state index contributed by atoms with van der Waals surface area (Å²) in [6, 6.07) is 6.92. The predicted octanol–water partition coefficient (Wildman–Crippen LogP) is 4.54. The minimum Gasteiger partial charge on any atom is -0.490 e. The Bertz CT molecular complexity index is 830. The van der Waals surface area contributed by atoms with E-state index in [2.05, 4.69) is 34.6 Å². The Kier molecular flexibility index (Phi) is 7.12. The van der Waals surface area contributed by atoms with Crippen LogP contribution in [-0.4, -0.2) is 24.3 Å². The van der Waals surface area contributed by atoms with E-state index in [9.17, 15) is 4.39 Å². The SMILES string of the molecule is CCNC(=NCc1cc(C(C)C)no1)NC(C)c1ccc(OCC2CC2)c(F)c1. The lowest BCUT2D eigenvalue weighted by molar-refractivity contribution is 0.285. The van der Waals surface area contributed by atoms with Crippen LogP contribution >= 0.6 is 0 Å². The summed E-state index contributed by atoms with van der Waals surface area (Å²) in [6.45, 7) is 9.80. The molecule has 1 saturated carbocycles. The highest BCUT2D eigenvalue weighted by atomic mass is 19.1. The van der Waals surface area contributed by atoms with Gasteiger partial charge in [-0.1, -0.05) is 25.1 Å². The molecule has 2 N–H and O–H groups in total. The van der Waals surface area contributed by atoms with Gasteiger partial charge in [-0.3, -0.25) is 0 Å². The predicted molar refractivity (Wildman–Crippen MR) is 112 cm³/mol. The number of nitrogens with one attached hydrogen (secondary N) is 2. The summed E-state index contributed by atoms with van der Waals surface area (Å²) in [5.74, 6) is 2.24. The van der Waals surface area contributed by atoms with Gasteiger partial charge in [0.05, 0.1) is 18.3 Å². The Morgan fingerprint density at radius 1 is 1.31 bits per heavy atom. The van der Waals surface area contributed by atoms with Gasteiger partial charge in [0.15, 0.2) is 23.3 Å². The quantitative estimate of drug-likeness (QED) is 0.476. The van der Waals surface area contributed by atoms with Gasteiger partial charge in [0.1, 0.15) is 6.54 Å². The van der Waals surface area contributed by atoms with E-state index in [1.54, 1.807) is 6.07 Å². The average molecular weight is 403 g/mol. The van der Waals surface area contributed by atoms with Gasteiger partial charge < -0.3 is 19.9 Å². The second-order valence-corrected chi connectivity index (χ2v) is 7.88. The van der Waals surface area contributed by atoms with Crippen molar-refractivity contribution in [3.63, 3.8) is 0 Å². The van der Waals surface area contributed by atoms with Crippen molar-refractivity contribution in [3.05, 3.63) is 47.1 Å². The van der Waals surface area contributed by atoms with Crippen molar-refractivity contribution in [3.8, 4) is 5.75 Å². The second-order valence-electron chi connectivity index (χ2n) is 7.88. The Balaban J connectivity index is 1.61. The summed E-state index contributed by atoms with van der Waals surface area (Å²) in [4.78, 5) is 4.56. The fourth-order valence-electron chi connectivity index (χ4n) is 2.84. The van der Waals surface area contributed by atoms with Crippen molar-refractivity contribution in [2.24, 2.45) is 10.9 Å². The largest absolute Gasteiger partial charge is 0.490 e. The molecule has 0 amide bonds. The standard InChI is InChI=1S/C22H31FN4O2/c1-5-24-22(25-12-18-11-20(14(2)3)27-29-18)26-15(4)17-8-9-21(19(23)10-17)28-13-16-6-7-16/h8-11,14-16H,5-7,12-13H2,1-4H3,(H2,24,25,26). The molecule has 0 bridgehead atoms. The van der Waals surface area contributed by atoms with Gasteiger partial charge in [0.25, 0.3) is 0 Å². The molecule has 1 aliphatic carbocycles. The maximum absolute atomic E-state index is 14.4. The highest BCUT2D eigenvalue weighted by molar-refractivity contribution is 5.80. The maximum atomic E-state index is 14.4. The van der Waals surface area contributed by atoms with Crippen LogP contribution < -0.4 is 15.4 Å². The Labute approximate surface area is 171 Å². The van der Waals surface area contributed by atoms with E-state index < -0.39 is 0 Å².